The average molecular weight is 1040 g/mol. The van der Waals surface area contributed by atoms with Crippen molar-refractivity contribution in [2.45, 2.75) is 95.7 Å². The topological polar surface area (TPSA) is 150 Å². The Morgan fingerprint density at radius 2 is 1.15 bits per heavy atom. The number of hydrogen-bond acceptors (Lipinski definition) is 8. The van der Waals surface area contributed by atoms with Crippen molar-refractivity contribution in [3.63, 3.8) is 0 Å². The van der Waals surface area contributed by atoms with Gasteiger partial charge >= 0.3 is 0 Å². The van der Waals surface area contributed by atoms with Crippen molar-refractivity contribution < 1.29 is 54.8 Å². The number of quaternary nitrogens is 1. The lowest BCUT2D eigenvalue weighted by Gasteiger charge is -2.41. The summed E-state index contributed by atoms with van der Waals surface area (Å²) in [6.45, 7) is 14.7. The molecule has 3 amide bonds. The summed E-state index contributed by atoms with van der Waals surface area (Å²) in [6, 6.07) is 20.2. The number of piperazine rings is 2. The number of fused-ring (bicyclic) bond motifs is 2. The fourth-order valence-corrected chi connectivity index (χ4v) is 8.92. The minimum atomic E-state index is -1.46. The molecule has 2 atom stereocenters. The van der Waals surface area contributed by atoms with Crippen molar-refractivity contribution in [1.82, 2.24) is 24.7 Å². The zero-order valence-electron chi connectivity index (χ0n) is 38.0. The summed E-state index contributed by atoms with van der Waals surface area (Å²) < 4.78 is 39.0. The van der Waals surface area contributed by atoms with Crippen LogP contribution in [0.3, 0.4) is 0 Å². The Balaban J connectivity index is 0.000000193. The molecule has 0 radical (unpaired) electrons. The number of amides is 3. The maximum atomic E-state index is 13.4. The lowest BCUT2D eigenvalue weighted by atomic mass is 9.96. The molecule has 2 aliphatic heterocycles. The number of carbonyl (C=O) groups excluding carboxylic acids is 3. The van der Waals surface area contributed by atoms with Crippen LogP contribution in [0, 0.1) is 11.6 Å². The van der Waals surface area contributed by atoms with Crippen molar-refractivity contribution in [1.29, 1.82) is 0 Å². The molecule has 3 N–H and O–H groups in total. The van der Waals surface area contributed by atoms with E-state index in [4.69, 9.17) is 18.8 Å². The van der Waals surface area contributed by atoms with Gasteiger partial charge in [-0.1, -0.05) is 13.8 Å². The first kappa shape index (κ1) is 48.9. The number of aromatic nitrogens is 2. The molecule has 4 fully saturated rings. The molecule has 6 aromatic rings. The smallest absolute Gasteiger partial charge is 0.290 e. The molecule has 2 aliphatic carbocycles. The second-order valence-corrected chi connectivity index (χ2v) is 19.3. The minimum absolute atomic E-state index is 0. The molecule has 4 aromatic heterocycles. The number of nitrogens with two attached hydrogens (primary N) is 1. The molecule has 4 aliphatic rings. The molecule has 12 nitrogen and oxygen atoms in total. The summed E-state index contributed by atoms with van der Waals surface area (Å²) in [5.41, 5.74) is 6.40. The third-order valence-electron chi connectivity index (χ3n) is 13.4. The number of pyridine rings is 2. The van der Waals surface area contributed by atoms with Crippen LogP contribution < -0.4 is 17.7 Å². The molecular formula is C50H56ClF2IN6O6. The van der Waals surface area contributed by atoms with E-state index in [2.05, 4.69) is 26.1 Å². The predicted molar refractivity (Wildman–Crippen MR) is 253 cm³/mol. The Labute approximate surface area is 405 Å². The van der Waals surface area contributed by atoms with Gasteiger partial charge in [-0.3, -0.25) is 14.4 Å². The highest BCUT2D eigenvalue weighted by molar-refractivity contribution is 14.0. The molecular weight excluding hydrogens is 981 g/mol. The molecule has 2 aromatic carbocycles. The van der Waals surface area contributed by atoms with E-state index in [1.807, 2.05) is 24.0 Å². The van der Waals surface area contributed by atoms with Crippen LogP contribution in [0.2, 0.25) is 0 Å². The SMILES string of the molecule is C[C@H]1CN(C(=O)c2cc3nc(-c4ccc(F)cc4)cc(C4(C)CC4)c3o2)CCN1C(=O)C(C)(C)O.C[C@H]1CN(C(=O)c2cc3nc(-c4ccc(F)cc4)cc(C4(C)CC4)c3o2)CC[NH2+]1.I.[Cl-]. The number of hydrogen-bond donors (Lipinski definition) is 2. The fourth-order valence-electron chi connectivity index (χ4n) is 8.92. The largest absolute Gasteiger partial charge is 1.00 e. The number of rotatable bonds is 7. The normalized spacial score (nSPS) is 19.6. The van der Waals surface area contributed by atoms with Gasteiger partial charge in [0.25, 0.3) is 17.7 Å². The summed E-state index contributed by atoms with van der Waals surface area (Å²) in [5, 5.41) is 12.3. The van der Waals surface area contributed by atoms with Crippen molar-refractivity contribution in [3.05, 3.63) is 107 Å². The van der Waals surface area contributed by atoms with Gasteiger partial charge in [-0.05, 0) is 125 Å². The molecule has 0 bridgehead atoms. The van der Waals surface area contributed by atoms with Crippen LogP contribution in [0.4, 0.5) is 8.78 Å². The number of nitrogens with zero attached hydrogens (tertiary/aromatic N) is 5. The molecule has 2 saturated carbocycles. The average Bonchev–Trinajstić information content (AvgIpc) is 4.10. The molecule has 0 spiro atoms. The van der Waals surface area contributed by atoms with E-state index >= 15 is 0 Å². The summed E-state index contributed by atoms with van der Waals surface area (Å²) in [4.78, 5) is 53.6. The molecule has 0 unspecified atom stereocenters. The molecule has 350 valence electrons. The standard InChI is InChI=1S/C27H30FN3O4.C23H24FN3O2.ClH.HI/c1-16-15-30(11-12-31(16)25(33)26(2,3)34)24(32)22-14-21-23(35-22)19(27(4)9-10-27)13-20(29-21)17-5-7-18(28)8-6-17;1-14-13-27(10-9-25-14)22(28)20-12-19-21(29-20)17(23(2)7-8-23)11-18(26-19)15-3-5-16(24)6-4-15;;/h5-8,13-14,16,34H,9-12,15H2,1-4H3;3-6,11-12,14,25H,7-10,13H2,1-2H3;2*1H/t16-;14-;;/m00../s1. The van der Waals surface area contributed by atoms with Gasteiger partial charge in [0.15, 0.2) is 22.7 Å². The second kappa shape index (κ2) is 18.6. The highest BCUT2D eigenvalue weighted by atomic mass is 127. The van der Waals surface area contributed by atoms with Gasteiger partial charge in [0.05, 0.1) is 31.0 Å². The van der Waals surface area contributed by atoms with Crippen molar-refractivity contribution in [2.24, 2.45) is 0 Å². The monoisotopic (exact) mass is 1040 g/mol. The lowest BCUT2D eigenvalue weighted by molar-refractivity contribution is -0.693. The zero-order chi connectivity index (χ0) is 45.3. The van der Waals surface area contributed by atoms with Crippen LogP contribution in [0.25, 0.3) is 44.7 Å². The molecule has 6 heterocycles. The Hall–Kier alpha value is -4.97. The van der Waals surface area contributed by atoms with E-state index in [1.54, 1.807) is 46.2 Å². The predicted octanol–water partition coefficient (Wildman–Crippen LogP) is 4.84. The van der Waals surface area contributed by atoms with Gasteiger partial charge in [0.1, 0.15) is 34.3 Å². The Bertz CT molecular complexity index is 2780. The lowest BCUT2D eigenvalue weighted by Crippen LogP contribution is -3.00. The number of aliphatic hydroxyl groups is 1. The van der Waals surface area contributed by atoms with Crippen LogP contribution in [0.15, 0.2) is 81.6 Å². The third kappa shape index (κ3) is 9.85. The molecule has 66 heavy (non-hydrogen) atoms. The number of benzene rings is 2. The van der Waals surface area contributed by atoms with E-state index < -0.39 is 5.60 Å². The van der Waals surface area contributed by atoms with E-state index in [1.165, 1.54) is 38.1 Å². The van der Waals surface area contributed by atoms with Crippen LogP contribution in [-0.2, 0) is 15.6 Å². The Kier molecular flexibility index (Phi) is 13.8. The maximum Gasteiger partial charge on any atom is 0.290 e. The Morgan fingerprint density at radius 3 is 1.55 bits per heavy atom. The number of furan rings is 2. The Morgan fingerprint density at radius 1 is 0.712 bits per heavy atom. The molecule has 16 heteroatoms. The number of halogens is 4. The van der Waals surface area contributed by atoms with E-state index in [-0.39, 0.29) is 88.4 Å². The van der Waals surface area contributed by atoms with Crippen LogP contribution in [-0.4, -0.2) is 104 Å². The van der Waals surface area contributed by atoms with Crippen LogP contribution in [0.5, 0.6) is 0 Å². The van der Waals surface area contributed by atoms with Gasteiger partial charge in [-0.2, -0.15) is 0 Å². The van der Waals surface area contributed by atoms with E-state index in [9.17, 15) is 28.3 Å². The summed E-state index contributed by atoms with van der Waals surface area (Å²) >= 11 is 0. The highest BCUT2D eigenvalue weighted by Crippen LogP contribution is 2.52. The first-order valence-electron chi connectivity index (χ1n) is 22.3. The van der Waals surface area contributed by atoms with Crippen LogP contribution >= 0.6 is 24.0 Å². The van der Waals surface area contributed by atoms with E-state index in [0.29, 0.717) is 65.9 Å². The second-order valence-electron chi connectivity index (χ2n) is 19.3. The van der Waals surface area contributed by atoms with Crippen LogP contribution in [0.1, 0.15) is 99.5 Å². The third-order valence-corrected chi connectivity index (χ3v) is 13.4. The summed E-state index contributed by atoms with van der Waals surface area (Å²) in [5.74, 6) is -0.682. The van der Waals surface area contributed by atoms with Gasteiger partial charge in [-0.15, -0.1) is 24.0 Å². The number of carbonyl (C=O) groups is 3. The first-order valence-corrected chi connectivity index (χ1v) is 22.3. The summed E-state index contributed by atoms with van der Waals surface area (Å²) in [6.07, 6.45) is 4.21. The quantitative estimate of drug-likeness (QED) is 0.216. The van der Waals surface area contributed by atoms with Crippen molar-refractivity contribution in [3.8, 4) is 22.5 Å². The van der Waals surface area contributed by atoms with Crippen molar-refractivity contribution in [2.75, 3.05) is 39.3 Å². The minimum Gasteiger partial charge on any atom is -1.00 e. The van der Waals surface area contributed by atoms with Gasteiger partial charge in [-0.25, -0.2) is 18.7 Å². The van der Waals surface area contributed by atoms with E-state index in [0.717, 1.165) is 66.7 Å². The van der Waals surface area contributed by atoms with Gasteiger partial charge in [0, 0.05) is 60.1 Å². The molecule has 10 rings (SSSR count). The maximum absolute atomic E-state index is 13.4. The van der Waals surface area contributed by atoms with Gasteiger partial charge in [0.2, 0.25) is 0 Å². The highest BCUT2D eigenvalue weighted by Gasteiger charge is 2.44. The molecule has 2 saturated heterocycles. The summed E-state index contributed by atoms with van der Waals surface area (Å²) in [7, 11) is 0. The van der Waals surface area contributed by atoms with Crippen molar-refractivity contribution >= 4 is 63.9 Å². The van der Waals surface area contributed by atoms with Gasteiger partial charge < -0.3 is 46.4 Å². The first-order chi connectivity index (χ1) is 30.4. The zero-order valence-corrected chi connectivity index (χ0v) is 41.1. The fraction of sp³-hybridized carbons (Fsp3) is 0.420.